The van der Waals surface area contributed by atoms with Gasteiger partial charge in [0.05, 0.1) is 0 Å². The molecule has 0 bridgehead atoms. The first-order chi connectivity index (χ1) is 9.13. The van der Waals surface area contributed by atoms with Crippen molar-refractivity contribution in [1.82, 2.24) is 10.6 Å². The number of halogens is 2. The van der Waals surface area contributed by atoms with Crippen molar-refractivity contribution in [3.05, 3.63) is 29.8 Å². The van der Waals surface area contributed by atoms with Crippen molar-refractivity contribution >= 4 is 5.91 Å². The summed E-state index contributed by atoms with van der Waals surface area (Å²) in [5, 5.41) is 5.90. The van der Waals surface area contributed by atoms with Gasteiger partial charge in [0.2, 0.25) is 0 Å². The first-order valence-corrected chi connectivity index (χ1v) is 6.17. The normalized spacial score (nSPS) is 10.5. The van der Waals surface area contributed by atoms with Gasteiger partial charge in [-0.3, -0.25) is 4.79 Å². The minimum absolute atomic E-state index is 0.0405. The van der Waals surface area contributed by atoms with Crippen molar-refractivity contribution < 1.29 is 18.3 Å². The quantitative estimate of drug-likeness (QED) is 0.712. The summed E-state index contributed by atoms with van der Waals surface area (Å²) in [5.74, 6) is -0.182. The van der Waals surface area contributed by atoms with Crippen molar-refractivity contribution in [2.75, 3.05) is 19.6 Å². The van der Waals surface area contributed by atoms with Crippen LogP contribution in [0.5, 0.6) is 5.75 Å². The lowest BCUT2D eigenvalue weighted by Crippen LogP contribution is -2.27. The first-order valence-electron chi connectivity index (χ1n) is 6.17. The summed E-state index contributed by atoms with van der Waals surface area (Å²) in [6.45, 7) is 1.48. The van der Waals surface area contributed by atoms with Gasteiger partial charge < -0.3 is 15.4 Å². The van der Waals surface area contributed by atoms with E-state index in [-0.39, 0.29) is 11.7 Å². The van der Waals surface area contributed by atoms with Crippen LogP contribution in [0.3, 0.4) is 0 Å². The molecule has 6 heteroatoms. The second kappa shape index (κ2) is 8.42. The van der Waals surface area contributed by atoms with E-state index in [2.05, 4.69) is 15.4 Å². The SMILES string of the molecule is CCNCCCNC(=O)c1ccc(OC(F)F)cc1. The standard InChI is InChI=1S/C13H18F2N2O2/c1-2-16-8-3-9-17-12(18)10-4-6-11(7-5-10)19-13(14)15/h4-7,13,16H,2-3,8-9H2,1H3,(H,17,18). The molecule has 0 spiro atoms. The molecule has 1 rings (SSSR count). The Morgan fingerprint density at radius 2 is 1.95 bits per heavy atom. The van der Waals surface area contributed by atoms with E-state index in [1.807, 2.05) is 6.92 Å². The second-order valence-corrected chi connectivity index (χ2v) is 3.87. The number of hydrogen-bond acceptors (Lipinski definition) is 3. The van der Waals surface area contributed by atoms with Crippen LogP contribution in [0, 0.1) is 0 Å². The van der Waals surface area contributed by atoms with Gasteiger partial charge in [-0.2, -0.15) is 8.78 Å². The maximum atomic E-state index is 11.9. The van der Waals surface area contributed by atoms with Crippen molar-refractivity contribution in [2.24, 2.45) is 0 Å². The second-order valence-electron chi connectivity index (χ2n) is 3.87. The Morgan fingerprint density at radius 3 is 2.53 bits per heavy atom. The maximum absolute atomic E-state index is 11.9. The summed E-state index contributed by atoms with van der Waals surface area (Å²) in [5.41, 5.74) is 0.421. The molecular formula is C13H18F2N2O2. The number of carbonyl (C=O) groups is 1. The van der Waals surface area contributed by atoms with Gasteiger partial charge in [-0.05, 0) is 43.8 Å². The highest BCUT2D eigenvalue weighted by molar-refractivity contribution is 5.94. The Labute approximate surface area is 111 Å². The third kappa shape index (κ3) is 6.15. The number of hydrogen-bond donors (Lipinski definition) is 2. The van der Waals surface area contributed by atoms with E-state index in [1.165, 1.54) is 24.3 Å². The topological polar surface area (TPSA) is 50.4 Å². The molecule has 0 aromatic heterocycles. The van der Waals surface area contributed by atoms with Crippen molar-refractivity contribution in [3.8, 4) is 5.75 Å². The molecule has 0 aliphatic heterocycles. The van der Waals surface area contributed by atoms with E-state index >= 15 is 0 Å². The summed E-state index contributed by atoms with van der Waals surface area (Å²) >= 11 is 0. The fourth-order valence-corrected chi connectivity index (χ4v) is 1.48. The number of ether oxygens (including phenoxy) is 1. The van der Waals surface area contributed by atoms with Crippen LogP contribution in [0.2, 0.25) is 0 Å². The minimum Gasteiger partial charge on any atom is -0.435 e. The van der Waals surface area contributed by atoms with Crippen molar-refractivity contribution in [3.63, 3.8) is 0 Å². The third-order valence-electron chi connectivity index (χ3n) is 2.41. The summed E-state index contributed by atoms with van der Waals surface area (Å²) in [4.78, 5) is 11.7. The fraction of sp³-hybridized carbons (Fsp3) is 0.462. The molecule has 0 heterocycles. The minimum atomic E-state index is -2.86. The Kier molecular flexibility index (Phi) is 6.81. The lowest BCUT2D eigenvalue weighted by atomic mass is 10.2. The number of amides is 1. The van der Waals surface area contributed by atoms with Crippen LogP contribution in [0.25, 0.3) is 0 Å². The first kappa shape index (κ1) is 15.4. The molecule has 1 aromatic carbocycles. The molecule has 0 fully saturated rings. The van der Waals surface area contributed by atoms with Crippen LogP contribution < -0.4 is 15.4 Å². The predicted molar refractivity (Wildman–Crippen MR) is 68.6 cm³/mol. The third-order valence-corrected chi connectivity index (χ3v) is 2.41. The van der Waals surface area contributed by atoms with Gasteiger partial charge in [-0.15, -0.1) is 0 Å². The Bertz CT molecular complexity index is 383. The van der Waals surface area contributed by atoms with E-state index in [4.69, 9.17) is 0 Å². The van der Waals surface area contributed by atoms with E-state index in [1.54, 1.807) is 0 Å². The summed E-state index contributed by atoms with van der Waals surface area (Å²) in [6.07, 6.45) is 0.839. The summed E-state index contributed by atoms with van der Waals surface area (Å²) in [6, 6.07) is 5.61. The highest BCUT2D eigenvalue weighted by Crippen LogP contribution is 2.14. The van der Waals surface area contributed by atoms with E-state index in [0.29, 0.717) is 12.1 Å². The number of benzene rings is 1. The number of rotatable bonds is 8. The molecular weight excluding hydrogens is 254 g/mol. The molecule has 19 heavy (non-hydrogen) atoms. The molecule has 0 atom stereocenters. The van der Waals surface area contributed by atoms with Crippen molar-refractivity contribution in [2.45, 2.75) is 20.0 Å². The molecule has 0 unspecified atom stereocenters. The smallest absolute Gasteiger partial charge is 0.387 e. The molecule has 0 aliphatic carbocycles. The van der Waals surface area contributed by atoms with Crippen LogP contribution in [0.1, 0.15) is 23.7 Å². The Morgan fingerprint density at radius 1 is 1.26 bits per heavy atom. The lowest BCUT2D eigenvalue weighted by molar-refractivity contribution is -0.0498. The molecule has 106 valence electrons. The van der Waals surface area contributed by atoms with Crippen LogP contribution in [-0.4, -0.2) is 32.2 Å². The highest BCUT2D eigenvalue weighted by Gasteiger charge is 2.07. The largest absolute Gasteiger partial charge is 0.435 e. The van der Waals surface area contributed by atoms with Gasteiger partial charge >= 0.3 is 6.61 Å². The summed E-state index contributed by atoms with van der Waals surface area (Å²) < 4.78 is 28.1. The Balaban J connectivity index is 2.36. The van der Waals surface area contributed by atoms with Crippen LogP contribution in [0.4, 0.5) is 8.78 Å². The molecule has 4 nitrogen and oxygen atoms in total. The monoisotopic (exact) mass is 272 g/mol. The number of nitrogens with one attached hydrogen (secondary N) is 2. The molecule has 0 saturated carbocycles. The van der Waals surface area contributed by atoms with Gasteiger partial charge in [0.25, 0.3) is 5.91 Å². The molecule has 0 saturated heterocycles. The Hall–Kier alpha value is -1.69. The molecule has 2 N–H and O–H groups in total. The van der Waals surface area contributed by atoms with Gasteiger partial charge in [0.1, 0.15) is 5.75 Å². The van der Waals surface area contributed by atoms with Crippen LogP contribution in [-0.2, 0) is 0 Å². The van der Waals surface area contributed by atoms with Gasteiger partial charge in [0, 0.05) is 12.1 Å². The van der Waals surface area contributed by atoms with E-state index in [0.717, 1.165) is 19.5 Å². The summed E-state index contributed by atoms with van der Waals surface area (Å²) in [7, 11) is 0. The fourth-order valence-electron chi connectivity index (χ4n) is 1.48. The molecule has 1 amide bonds. The lowest BCUT2D eigenvalue weighted by Gasteiger charge is -2.07. The average molecular weight is 272 g/mol. The van der Waals surface area contributed by atoms with Crippen molar-refractivity contribution in [1.29, 1.82) is 0 Å². The average Bonchev–Trinajstić information content (AvgIpc) is 2.38. The zero-order valence-corrected chi connectivity index (χ0v) is 10.8. The zero-order valence-electron chi connectivity index (χ0n) is 10.8. The van der Waals surface area contributed by atoms with Crippen LogP contribution >= 0.6 is 0 Å². The number of alkyl halides is 2. The van der Waals surface area contributed by atoms with Gasteiger partial charge in [-0.25, -0.2) is 0 Å². The maximum Gasteiger partial charge on any atom is 0.387 e. The van der Waals surface area contributed by atoms with E-state index in [9.17, 15) is 13.6 Å². The molecule has 0 aliphatic rings. The van der Waals surface area contributed by atoms with Gasteiger partial charge in [0.15, 0.2) is 0 Å². The number of carbonyl (C=O) groups excluding carboxylic acids is 1. The van der Waals surface area contributed by atoms with Gasteiger partial charge in [-0.1, -0.05) is 6.92 Å². The predicted octanol–water partition coefficient (Wildman–Crippen LogP) is 2.02. The van der Waals surface area contributed by atoms with E-state index < -0.39 is 6.61 Å². The highest BCUT2D eigenvalue weighted by atomic mass is 19.3. The van der Waals surface area contributed by atoms with Crippen LogP contribution in [0.15, 0.2) is 24.3 Å². The molecule has 0 radical (unpaired) electrons. The zero-order chi connectivity index (χ0) is 14.1. The molecule has 1 aromatic rings.